The molecule has 0 aliphatic carbocycles. The summed E-state index contributed by atoms with van der Waals surface area (Å²) in [4.78, 5) is 13.2. The van der Waals surface area contributed by atoms with Gasteiger partial charge in [-0.15, -0.1) is 6.58 Å². The lowest BCUT2D eigenvalue weighted by molar-refractivity contribution is -0.116. The molecule has 0 aliphatic rings. The standard InChI is InChI=1S/C12H14INO/c1-4-7-14(10(3)15)12-8-9(2)5-6-11(12)13/h4-6,8H,1,7H2,2-3H3. The Kier molecular flexibility index (Phi) is 4.32. The normalized spacial score (nSPS) is 9.80. The van der Waals surface area contributed by atoms with Crippen LogP contribution >= 0.6 is 22.6 Å². The molecule has 0 radical (unpaired) electrons. The summed E-state index contributed by atoms with van der Waals surface area (Å²) in [6, 6.07) is 6.08. The van der Waals surface area contributed by atoms with Crippen LogP contribution in [0.2, 0.25) is 0 Å². The van der Waals surface area contributed by atoms with E-state index in [1.165, 1.54) is 0 Å². The zero-order valence-corrected chi connectivity index (χ0v) is 11.1. The third-order valence-electron chi connectivity index (χ3n) is 2.08. The molecule has 0 aromatic heterocycles. The SMILES string of the molecule is C=CCN(C(C)=O)c1cc(C)ccc1I. The molecule has 1 amide bonds. The van der Waals surface area contributed by atoms with Gasteiger partial charge in [0.2, 0.25) is 5.91 Å². The molecule has 3 heteroatoms. The molecule has 80 valence electrons. The van der Waals surface area contributed by atoms with Crippen molar-refractivity contribution in [3.8, 4) is 0 Å². The van der Waals surface area contributed by atoms with E-state index in [1.807, 2.05) is 25.1 Å². The van der Waals surface area contributed by atoms with Crippen LogP contribution in [0.1, 0.15) is 12.5 Å². The number of anilines is 1. The van der Waals surface area contributed by atoms with Crippen LogP contribution in [0.25, 0.3) is 0 Å². The van der Waals surface area contributed by atoms with Crippen molar-refractivity contribution in [3.63, 3.8) is 0 Å². The summed E-state index contributed by atoms with van der Waals surface area (Å²) in [7, 11) is 0. The predicted octanol–water partition coefficient (Wildman–Crippen LogP) is 3.14. The van der Waals surface area contributed by atoms with Crippen LogP contribution < -0.4 is 4.90 Å². The van der Waals surface area contributed by atoms with Gasteiger partial charge >= 0.3 is 0 Å². The van der Waals surface area contributed by atoms with Crippen LogP contribution in [0.4, 0.5) is 5.69 Å². The quantitative estimate of drug-likeness (QED) is 0.620. The van der Waals surface area contributed by atoms with Gasteiger partial charge < -0.3 is 4.90 Å². The van der Waals surface area contributed by atoms with Crippen molar-refractivity contribution in [1.29, 1.82) is 0 Å². The van der Waals surface area contributed by atoms with Crippen LogP contribution in [-0.2, 0) is 4.79 Å². The lowest BCUT2D eigenvalue weighted by atomic mass is 10.2. The first kappa shape index (κ1) is 12.2. The third-order valence-corrected chi connectivity index (χ3v) is 3.00. The van der Waals surface area contributed by atoms with Crippen LogP contribution in [0, 0.1) is 10.5 Å². The third kappa shape index (κ3) is 3.06. The lowest BCUT2D eigenvalue weighted by Crippen LogP contribution is -2.29. The monoisotopic (exact) mass is 315 g/mol. The summed E-state index contributed by atoms with van der Waals surface area (Å²) in [6.07, 6.45) is 1.74. The number of amides is 1. The van der Waals surface area contributed by atoms with E-state index in [9.17, 15) is 4.79 Å². The van der Waals surface area contributed by atoms with Gasteiger partial charge in [-0.25, -0.2) is 0 Å². The van der Waals surface area contributed by atoms with Crippen molar-refractivity contribution in [2.75, 3.05) is 11.4 Å². The van der Waals surface area contributed by atoms with Gasteiger partial charge in [0, 0.05) is 17.0 Å². The maximum absolute atomic E-state index is 11.5. The Hall–Kier alpha value is -0.840. The highest BCUT2D eigenvalue weighted by Gasteiger charge is 2.12. The van der Waals surface area contributed by atoms with E-state index in [1.54, 1.807) is 17.9 Å². The van der Waals surface area contributed by atoms with Gasteiger partial charge in [-0.05, 0) is 47.2 Å². The summed E-state index contributed by atoms with van der Waals surface area (Å²) < 4.78 is 1.08. The first-order valence-corrected chi connectivity index (χ1v) is 5.79. The van der Waals surface area contributed by atoms with E-state index in [-0.39, 0.29) is 5.91 Å². The first-order valence-electron chi connectivity index (χ1n) is 4.71. The van der Waals surface area contributed by atoms with Crippen LogP contribution in [0.15, 0.2) is 30.9 Å². The maximum atomic E-state index is 11.5. The molecular weight excluding hydrogens is 301 g/mol. The summed E-state index contributed by atoms with van der Waals surface area (Å²) in [5.41, 5.74) is 2.11. The molecule has 1 aromatic carbocycles. The van der Waals surface area contributed by atoms with Gasteiger partial charge in [0.05, 0.1) is 5.69 Å². The second kappa shape index (κ2) is 5.30. The van der Waals surface area contributed by atoms with E-state index in [0.29, 0.717) is 6.54 Å². The maximum Gasteiger partial charge on any atom is 0.224 e. The number of aryl methyl sites for hydroxylation is 1. The predicted molar refractivity (Wildman–Crippen MR) is 72.1 cm³/mol. The van der Waals surface area contributed by atoms with Gasteiger partial charge in [0.1, 0.15) is 0 Å². The zero-order chi connectivity index (χ0) is 11.4. The second-order valence-corrected chi connectivity index (χ2v) is 4.54. The molecule has 0 aliphatic heterocycles. The van der Waals surface area contributed by atoms with Crippen LogP contribution in [0.3, 0.4) is 0 Å². The number of nitrogens with zero attached hydrogens (tertiary/aromatic N) is 1. The number of hydrogen-bond donors (Lipinski definition) is 0. The molecule has 0 fully saturated rings. The molecule has 0 saturated carbocycles. The number of carbonyl (C=O) groups is 1. The molecule has 1 aromatic rings. The topological polar surface area (TPSA) is 20.3 Å². The smallest absolute Gasteiger partial charge is 0.224 e. The number of halogens is 1. The fourth-order valence-electron chi connectivity index (χ4n) is 1.36. The molecule has 0 N–H and O–H groups in total. The van der Waals surface area contributed by atoms with E-state index >= 15 is 0 Å². The molecule has 0 spiro atoms. The number of rotatable bonds is 3. The second-order valence-electron chi connectivity index (χ2n) is 3.37. The van der Waals surface area contributed by atoms with Crippen LogP contribution in [-0.4, -0.2) is 12.5 Å². The van der Waals surface area contributed by atoms with Gasteiger partial charge in [0.15, 0.2) is 0 Å². The summed E-state index contributed by atoms with van der Waals surface area (Å²) in [6.45, 7) is 7.81. The van der Waals surface area contributed by atoms with Crippen molar-refractivity contribution in [3.05, 3.63) is 40.0 Å². The first-order chi connectivity index (χ1) is 7.06. The molecule has 1 rings (SSSR count). The Bertz CT molecular complexity index is 387. The molecule has 0 unspecified atom stereocenters. The summed E-state index contributed by atoms with van der Waals surface area (Å²) in [5, 5.41) is 0. The number of benzene rings is 1. The zero-order valence-electron chi connectivity index (χ0n) is 8.96. The molecule has 0 heterocycles. The van der Waals surface area contributed by atoms with Crippen molar-refractivity contribution in [1.82, 2.24) is 0 Å². The lowest BCUT2D eigenvalue weighted by Gasteiger charge is -2.21. The van der Waals surface area contributed by atoms with Crippen LogP contribution in [0.5, 0.6) is 0 Å². The van der Waals surface area contributed by atoms with E-state index in [2.05, 4.69) is 29.2 Å². The van der Waals surface area contributed by atoms with E-state index in [0.717, 1.165) is 14.8 Å². The van der Waals surface area contributed by atoms with Crippen molar-refractivity contribution < 1.29 is 4.79 Å². The molecule has 0 bridgehead atoms. The molecular formula is C12H14INO. The number of hydrogen-bond acceptors (Lipinski definition) is 1. The number of carbonyl (C=O) groups excluding carboxylic acids is 1. The summed E-state index contributed by atoms with van der Waals surface area (Å²) >= 11 is 2.24. The fourth-order valence-corrected chi connectivity index (χ4v) is 1.98. The Morgan fingerprint density at radius 2 is 2.27 bits per heavy atom. The Morgan fingerprint density at radius 3 is 2.80 bits per heavy atom. The van der Waals surface area contributed by atoms with Gasteiger partial charge in [-0.3, -0.25) is 4.79 Å². The highest BCUT2D eigenvalue weighted by molar-refractivity contribution is 14.1. The molecule has 2 nitrogen and oxygen atoms in total. The van der Waals surface area contributed by atoms with Crippen molar-refractivity contribution in [2.24, 2.45) is 0 Å². The highest BCUT2D eigenvalue weighted by atomic mass is 127. The Balaban J connectivity index is 3.15. The minimum absolute atomic E-state index is 0.0402. The average Bonchev–Trinajstić information content (AvgIpc) is 2.18. The van der Waals surface area contributed by atoms with Gasteiger partial charge in [-0.1, -0.05) is 12.1 Å². The molecule has 0 atom stereocenters. The average molecular weight is 315 g/mol. The highest BCUT2D eigenvalue weighted by Crippen LogP contribution is 2.24. The van der Waals surface area contributed by atoms with Crippen molar-refractivity contribution in [2.45, 2.75) is 13.8 Å². The Labute approximate surface area is 104 Å². The largest absolute Gasteiger partial charge is 0.308 e. The fraction of sp³-hybridized carbons (Fsp3) is 0.250. The molecule has 0 saturated heterocycles. The minimum Gasteiger partial charge on any atom is -0.308 e. The summed E-state index contributed by atoms with van der Waals surface area (Å²) in [5.74, 6) is 0.0402. The molecule has 15 heavy (non-hydrogen) atoms. The Morgan fingerprint density at radius 1 is 1.60 bits per heavy atom. The van der Waals surface area contributed by atoms with E-state index in [4.69, 9.17) is 0 Å². The van der Waals surface area contributed by atoms with Gasteiger partial charge in [0.25, 0.3) is 0 Å². The van der Waals surface area contributed by atoms with Gasteiger partial charge in [-0.2, -0.15) is 0 Å². The minimum atomic E-state index is 0.0402. The van der Waals surface area contributed by atoms with E-state index < -0.39 is 0 Å². The van der Waals surface area contributed by atoms with Crippen molar-refractivity contribution >= 4 is 34.2 Å².